The average molecular weight is 324 g/mol. The number of hydrogen-bond acceptors (Lipinski definition) is 5. The lowest BCUT2D eigenvalue weighted by atomic mass is 10.2. The second-order valence-corrected chi connectivity index (χ2v) is 5.76. The van der Waals surface area contributed by atoms with Gasteiger partial charge in [-0.15, -0.1) is 10.2 Å². The van der Waals surface area contributed by atoms with Crippen LogP contribution in [-0.4, -0.2) is 24.4 Å². The number of ether oxygens (including phenoxy) is 2. The summed E-state index contributed by atoms with van der Waals surface area (Å²) in [5.74, 6) is 1.26. The lowest BCUT2D eigenvalue weighted by Gasteiger charge is -2.07. The Balaban J connectivity index is 2.39. The van der Waals surface area contributed by atoms with Crippen LogP contribution in [0.5, 0.6) is 11.5 Å². The van der Waals surface area contributed by atoms with Gasteiger partial charge in [0.15, 0.2) is 11.5 Å². The van der Waals surface area contributed by atoms with Crippen molar-refractivity contribution in [1.82, 2.24) is 10.2 Å². The van der Waals surface area contributed by atoms with Crippen molar-refractivity contribution in [1.29, 1.82) is 0 Å². The summed E-state index contributed by atoms with van der Waals surface area (Å²) in [5, 5.41) is 7.49. The molecule has 102 valence electrons. The topological polar surface area (TPSA) is 57.4 Å². The summed E-state index contributed by atoms with van der Waals surface area (Å²) < 4.78 is 13.9. The van der Waals surface area contributed by atoms with Crippen LogP contribution in [0.4, 0.5) is 0 Å². The van der Waals surface area contributed by atoms with Crippen molar-refractivity contribution in [2.24, 2.45) is 0 Å². The normalized spacial score (nSPS) is 11.4. The summed E-state index contributed by atoms with van der Waals surface area (Å²) >= 11 is 17.0. The molecule has 0 aliphatic heterocycles. The Morgan fingerprint density at radius 3 is 2.26 bits per heavy atom. The third-order valence-corrected chi connectivity index (χ3v) is 2.78. The highest BCUT2D eigenvalue weighted by Gasteiger charge is 2.30. The van der Waals surface area contributed by atoms with Crippen LogP contribution in [0.1, 0.15) is 5.89 Å². The molecule has 1 aromatic heterocycles. The fraction of sp³-hybridized carbons (Fsp3) is 0.273. The molecule has 0 fully saturated rings. The van der Waals surface area contributed by atoms with E-state index < -0.39 is 3.79 Å². The van der Waals surface area contributed by atoms with E-state index >= 15 is 0 Å². The number of methoxy groups -OCH3 is 2. The van der Waals surface area contributed by atoms with Gasteiger partial charge < -0.3 is 13.9 Å². The standard InChI is InChI=1S/C11H9Cl3N2O3/c1-17-7-4-3-6(5-8(7)18-2)9-15-16-10(19-9)11(12,13)14/h3-5H,1-2H3. The molecule has 0 unspecified atom stereocenters. The van der Waals surface area contributed by atoms with Gasteiger partial charge in [-0.05, 0) is 18.2 Å². The molecule has 0 aliphatic carbocycles. The molecule has 0 saturated carbocycles. The lowest BCUT2D eigenvalue weighted by Crippen LogP contribution is -1.99. The summed E-state index contributed by atoms with van der Waals surface area (Å²) in [6.07, 6.45) is 0. The van der Waals surface area contributed by atoms with Gasteiger partial charge in [0.05, 0.1) is 14.2 Å². The van der Waals surface area contributed by atoms with Gasteiger partial charge in [0.1, 0.15) is 0 Å². The fourth-order valence-corrected chi connectivity index (χ4v) is 1.65. The highest BCUT2D eigenvalue weighted by Crippen LogP contribution is 2.39. The molecule has 0 radical (unpaired) electrons. The molecule has 0 atom stereocenters. The maximum absolute atomic E-state index is 5.66. The zero-order valence-electron chi connectivity index (χ0n) is 9.99. The van der Waals surface area contributed by atoms with Crippen molar-refractivity contribution in [3.8, 4) is 23.0 Å². The van der Waals surface area contributed by atoms with E-state index in [0.29, 0.717) is 17.1 Å². The maximum Gasteiger partial charge on any atom is 0.268 e. The maximum atomic E-state index is 5.66. The van der Waals surface area contributed by atoms with Crippen molar-refractivity contribution in [3.05, 3.63) is 24.1 Å². The number of nitrogens with zero attached hydrogens (tertiary/aromatic N) is 2. The quantitative estimate of drug-likeness (QED) is 0.808. The molecular weight excluding hydrogens is 314 g/mol. The van der Waals surface area contributed by atoms with Crippen LogP contribution >= 0.6 is 34.8 Å². The molecule has 0 spiro atoms. The number of aromatic nitrogens is 2. The van der Waals surface area contributed by atoms with Crippen LogP contribution in [0, 0.1) is 0 Å². The summed E-state index contributed by atoms with van der Waals surface area (Å²) in [7, 11) is 3.08. The number of alkyl halides is 3. The van der Waals surface area contributed by atoms with E-state index in [1.807, 2.05) is 0 Å². The van der Waals surface area contributed by atoms with Gasteiger partial charge in [-0.25, -0.2) is 0 Å². The Morgan fingerprint density at radius 1 is 1.05 bits per heavy atom. The van der Waals surface area contributed by atoms with E-state index in [9.17, 15) is 0 Å². The smallest absolute Gasteiger partial charge is 0.268 e. The molecule has 19 heavy (non-hydrogen) atoms. The van der Waals surface area contributed by atoms with E-state index in [1.54, 1.807) is 25.3 Å². The number of halogens is 3. The van der Waals surface area contributed by atoms with Gasteiger partial charge in [-0.1, -0.05) is 34.8 Å². The van der Waals surface area contributed by atoms with Crippen molar-refractivity contribution in [2.75, 3.05) is 14.2 Å². The minimum Gasteiger partial charge on any atom is -0.493 e. The Kier molecular flexibility index (Phi) is 4.08. The van der Waals surface area contributed by atoms with Gasteiger partial charge in [-0.3, -0.25) is 0 Å². The van der Waals surface area contributed by atoms with Crippen LogP contribution in [0.3, 0.4) is 0 Å². The Hall–Kier alpha value is -1.17. The SMILES string of the molecule is COc1ccc(-c2nnc(C(Cl)(Cl)Cl)o2)cc1OC. The summed E-state index contributed by atoms with van der Waals surface area (Å²) in [6, 6.07) is 5.14. The number of benzene rings is 1. The van der Waals surface area contributed by atoms with Crippen molar-refractivity contribution in [2.45, 2.75) is 3.79 Å². The zero-order valence-corrected chi connectivity index (χ0v) is 12.3. The van der Waals surface area contributed by atoms with Gasteiger partial charge in [-0.2, -0.15) is 0 Å². The Labute approximate surface area is 124 Å². The number of rotatable bonds is 3. The second kappa shape index (κ2) is 5.45. The first kappa shape index (κ1) is 14.2. The molecule has 0 amide bonds. The largest absolute Gasteiger partial charge is 0.493 e. The predicted octanol–water partition coefficient (Wildman–Crippen LogP) is 3.58. The second-order valence-electron chi connectivity index (χ2n) is 3.48. The first-order chi connectivity index (χ1) is 8.95. The third kappa shape index (κ3) is 3.05. The van der Waals surface area contributed by atoms with Gasteiger partial charge in [0, 0.05) is 5.56 Å². The molecule has 0 bridgehead atoms. The molecule has 0 saturated heterocycles. The Morgan fingerprint density at radius 2 is 1.74 bits per heavy atom. The third-order valence-electron chi connectivity index (χ3n) is 2.30. The van der Waals surface area contributed by atoms with Crippen LogP contribution in [0.2, 0.25) is 0 Å². The summed E-state index contributed by atoms with van der Waals surface area (Å²) in [6.45, 7) is 0. The minimum atomic E-state index is -1.75. The van der Waals surface area contributed by atoms with Gasteiger partial charge in [0.25, 0.3) is 9.68 Å². The van der Waals surface area contributed by atoms with E-state index in [0.717, 1.165) is 0 Å². The van der Waals surface area contributed by atoms with Crippen molar-refractivity contribution >= 4 is 34.8 Å². The lowest BCUT2D eigenvalue weighted by molar-refractivity contribution is 0.355. The molecule has 2 rings (SSSR count). The molecule has 1 heterocycles. The predicted molar refractivity (Wildman–Crippen MR) is 72.1 cm³/mol. The monoisotopic (exact) mass is 322 g/mol. The molecule has 1 aromatic carbocycles. The van der Waals surface area contributed by atoms with E-state index in [-0.39, 0.29) is 11.8 Å². The first-order valence-corrected chi connectivity index (χ1v) is 6.22. The Bertz CT molecular complexity index is 581. The fourth-order valence-electron chi connectivity index (χ4n) is 1.42. The van der Waals surface area contributed by atoms with Crippen molar-refractivity contribution < 1.29 is 13.9 Å². The number of hydrogen-bond donors (Lipinski definition) is 0. The van der Waals surface area contributed by atoms with Crippen LogP contribution in [-0.2, 0) is 3.79 Å². The van der Waals surface area contributed by atoms with Gasteiger partial charge >= 0.3 is 0 Å². The van der Waals surface area contributed by atoms with E-state index in [1.165, 1.54) is 7.11 Å². The highest BCUT2D eigenvalue weighted by molar-refractivity contribution is 6.66. The van der Waals surface area contributed by atoms with E-state index in [4.69, 9.17) is 48.7 Å². The zero-order chi connectivity index (χ0) is 14.0. The highest BCUT2D eigenvalue weighted by atomic mass is 35.6. The molecule has 2 aromatic rings. The van der Waals surface area contributed by atoms with Crippen LogP contribution in [0.15, 0.2) is 22.6 Å². The van der Waals surface area contributed by atoms with Gasteiger partial charge in [0.2, 0.25) is 5.89 Å². The molecular formula is C11H9Cl3N2O3. The summed E-state index contributed by atoms with van der Waals surface area (Å²) in [5.41, 5.74) is 0.630. The van der Waals surface area contributed by atoms with Crippen molar-refractivity contribution in [3.63, 3.8) is 0 Å². The first-order valence-electron chi connectivity index (χ1n) is 5.09. The minimum absolute atomic E-state index is 0.0951. The molecule has 8 heteroatoms. The van der Waals surface area contributed by atoms with Crippen LogP contribution < -0.4 is 9.47 Å². The average Bonchev–Trinajstić information content (AvgIpc) is 2.87. The molecule has 0 aliphatic rings. The van der Waals surface area contributed by atoms with Crippen LogP contribution in [0.25, 0.3) is 11.5 Å². The summed E-state index contributed by atoms with van der Waals surface area (Å²) in [4.78, 5) is 0. The van der Waals surface area contributed by atoms with E-state index in [2.05, 4.69) is 10.2 Å². The molecule has 0 N–H and O–H groups in total. The molecule has 5 nitrogen and oxygen atoms in total.